The minimum atomic E-state index is -0.209. The summed E-state index contributed by atoms with van der Waals surface area (Å²) in [6.45, 7) is 2.86. The van der Waals surface area contributed by atoms with Gasteiger partial charge in [-0.1, -0.05) is 37.8 Å². The zero-order valence-electron chi connectivity index (χ0n) is 12.1. The molecule has 0 bridgehead atoms. The Morgan fingerprint density at radius 3 is 2.81 bits per heavy atom. The van der Waals surface area contributed by atoms with Gasteiger partial charge in [-0.15, -0.1) is 12.4 Å². The van der Waals surface area contributed by atoms with Crippen molar-refractivity contribution in [1.82, 2.24) is 5.43 Å². The Kier molecular flexibility index (Phi) is 10.4. The number of halogens is 2. The third kappa shape index (κ3) is 8.42. The summed E-state index contributed by atoms with van der Waals surface area (Å²) < 4.78 is 5.63. The molecule has 0 aliphatic heterocycles. The minimum Gasteiger partial charge on any atom is -0.492 e. The number of guanidine groups is 1. The summed E-state index contributed by atoms with van der Waals surface area (Å²) in [6.07, 6.45) is 6.20. The van der Waals surface area contributed by atoms with E-state index < -0.39 is 0 Å². The van der Waals surface area contributed by atoms with Crippen LogP contribution in [0.5, 0.6) is 5.75 Å². The molecule has 4 N–H and O–H groups in total. The topological polar surface area (TPSA) is 83.5 Å². The van der Waals surface area contributed by atoms with Gasteiger partial charge in [0, 0.05) is 0 Å². The molecule has 7 heteroatoms. The molecule has 0 aliphatic rings. The maximum atomic E-state index is 6.97. The van der Waals surface area contributed by atoms with Crippen LogP contribution < -0.4 is 15.9 Å². The number of benzene rings is 1. The lowest BCUT2D eigenvalue weighted by Crippen LogP contribution is -2.25. The highest BCUT2D eigenvalue weighted by Gasteiger charge is 2.02. The molecule has 1 aromatic carbocycles. The van der Waals surface area contributed by atoms with E-state index in [1.807, 2.05) is 12.1 Å². The van der Waals surface area contributed by atoms with E-state index in [1.54, 1.807) is 6.07 Å². The van der Waals surface area contributed by atoms with Gasteiger partial charge in [0.05, 0.1) is 17.8 Å². The van der Waals surface area contributed by atoms with E-state index in [0.717, 1.165) is 12.0 Å². The Morgan fingerprint density at radius 1 is 1.43 bits per heavy atom. The van der Waals surface area contributed by atoms with Crippen LogP contribution >= 0.6 is 24.0 Å². The van der Waals surface area contributed by atoms with Crippen molar-refractivity contribution in [3.05, 3.63) is 28.8 Å². The van der Waals surface area contributed by atoms with Gasteiger partial charge in [-0.2, -0.15) is 5.10 Å². The first-order valence-corrected chi connectivity index (χ1v) is 7.06. The molecule has 0 saturated carbocycles. The number of hydrogen-bond donors (Lipinski definition) is 3. The summed E-state index contributed by atoms with van der Waals surface area (Å²) in [5, 5.41) is 11.3. The fourth-order valence-electron chi connectivity index (χ4n) is 1.60. The summed E-state index contributed by atoms with van der Waals surface area (Å²) in [6, 6.07) is 5.42. The Labute approximate surface area is 136 Å². The largest absolute Gasteiger partial charge is 0.492 e. The minimum absolute atomic E-state index is 0. The van der Waals surface area contributed by atoms with E-state index in [0.29, 0.717) is 17.4 Å². The molecule has 0 amide bonds. The number of hydrogen-bond acceptors (Lipinski definition) is 3. The van der Waals surface area contributed by atoms with E-state index >= 15 is 0 Å². The molecule has 21 heavy (non-hydrogen) atoms. The molecule has 0 aromatic heterocycles. The standard InChI is InChI=1S/C14H21ClN4O.ClH/c1-2-3-4-5-8-20-13-7-6-11(9-12(13)15)10-18-19-14(16)17;/h6-7,9-10H,2-5,8H2,1H3,(H4,16,17,19);1H. The number of nitrogens with zero attached hydrogens (tertiary/aromatic N) is 1. The third-order valence-corrected chi connectivity index (χ3v) is 2.91. The number of nitrogens with two attached hydrogens (primary N) is 1. The lowest BCUT2D eigenvalue weighted by molar-refractivity contribution is 0.305. The zero-order valence-corrected chi connectivity index (χ0v) is 13.6. The molecular formula is C14H22Cl2N4O. The molecular weight excluding hydrogens is 311 g/mol. The zero-order chi connectivity index (χ0) is 14.8. The van der Waals surface area contributed by atoms with Crippen LogP contribution in [0.3, 0.4) is 0 Å². The van der Waals surface area contributed by atoms with Gasteiger partial charge in [-0.05, 0) is 30.2 Å². The van der Waals surface area contributed by atoms with Gasteiger partial charge >= 0.3 is 0 Å². The molecule has 0 aliphatic carbocycles. The number of nitrogens with one attached hydrogen (secondary N) is 2. The SMILES string of the molecule is CCCCCCOc1ccc(C=NNC(=N)N)cc1Cl.Cl. The van der Waals surface area contributed by atoms with Crippen molar-refractivity contribution < 1.29 is 4.74 Å². The highest BCUT2D eigenvalue weighted by atomic mass is 35.5. The van der Waals surface area contributed by atoms with Crippen LogP contribution in [0.25, 0.3) is 0 Å². The number of rotatable bonds is 8. The average molecular weight is 333 g/mol. The van der Waals surface area contributed by atoms with Crippen molar-refractivity contribution in [2.75, 3.05) is 6.61 Å². The summed E-state index contributed by atoms with van der Waals surface area (Å²) in [5.74, 6) is 0.472. The highest BCUT2D eigenvalue weighted by molar-refractivity contribution is 6.32. The van der Waals surface area contributed by atoms with Gasteiger partial charge in [0.25, 0.3) is 0 Å². The Hall–Kier alpha value is -1.46. The van der Waals surface area contributed by atoms with Crippen molar-refractivity contribution in [3.63, 3.8) is 0 Å². The van der Waals surface area contributed by atoms with Gasteiger partial charge in [-0.3, -0.25) is 5.41 Å². The number of ether oxygens (including phenoxy) is 1. The molecule has 0 unspecified atom stereocenters. The molecule has 0 atom stereocenters. The van der Waals surface area contributed by atoms with Crippen LogP contribution in [0.4, 0.5) is 0 Å². The lowest BCUT2D eigenvalue weighted by atomic mass is 10.2. The first-order chi connectivity index (χ1) is 9.63. The van der Waals surface area contributed by atoms with Crippen molar-refractivity contribution in [2.24, 2.45) is 10.8 Å². The van der Waals surface area contributed by atoms with Crippen molar-refractivity contribution in [2.45, 2.75) is 32.6 Å². The van der Waals surface area contributed by atoms with Crippen LogP contribution in [0.1, 0.15) is 38.2 Å². The molecule has 118 valence electrons. The van der Waals surface area contributed by atoms with Crippen molar-refractivity contribution >= 4 is 36.2 Å². The summed E-state index contributed by atoms with van der Waals surface area (Å²) in [4.78, 5) is 0. The van der Waals surface area contributed by atoms with Gasteiger partial charge in [0.2, 0.25) is 5.96 Å². The average Bonchev–Trinajstić information content (AvgIpc) is 2.40. The maximum Gasteiger partial charge on any atom is 0.206 e. The second-order valence-corrected chi connectivity index (χ2v) is 4.79. The van der Waals surface area contributed by atoms with Crippen molar-refractivity contribution in [3.8, 4) is 5.75 Å². The Balaban J connectivity index is 0.00000400. The number of hydrazone groups is 1. The Morgan fingerprint density at radius 2 is 2.19 bits per heavy atom. The molecule has 1 aromatic rings. The number of unbranched alkanes of at least 4 members (excludes halogenated alkanes) is 3. The molecule has 0 radical (unpaired) electrons. The maximum absolute atomic E-state index is 6.97. The molecule has 1 rings (SSSR count). The molecule has 5 nitrogen and oxygen atoms in total. The van der Waals surface area contributed by atoms with E-state index in [1.165, 1.54) is 25.5 Å². The van der Waals surface area contributed by atoms with Crippen LogP contribution in [0.15, 0.2) is 23.3 Å². The van der Waals surface area contributed by atoms with E-state index in [4.69, 9.17) is 27.5 Å². The smallest absolute Gasteiger partial charge is 0.206 e. The first kappa shape index (κ1) is 19.5. The van der Waals surface area contributed by atoms with Gasteiger partial charge in [0.15, 0.2) is 0 Å². The van der Waals surface area contributed by atoms with Gasteiger partial charge in [-0.25, -0.2) is 5.43 Å². The molecule has 0 fully saturated rings. The summed E-state index contributed by atoms with van der Waals surface area (Å²) in [5.41, 5.74) is 8.26. The molecule has 0 spiro atoms. The van der Waals surface area contributed by atoms with Crippen LogP contribution in [-0.2, 0) is 0 Å². The van der Waals surface area contributed by atoms with E-state index in [2.05, 4.69) is 17.5 Å². The van der Waals surface area contributed by atoms with Crippen LogP contribution in [0.2, 0.25) is 5.02 Å². The predicted molar refractivity (Wildman–Crippen MR) is 91.0 cm³/mol. The van der Waals surface area contributed by atoms with Gasteiger partial charge < -0.3 is 10.5 Å². The second-order valence-electron chi connectivity index (χ2n) is 4.38. The fourth-order valence-corrected chi connectivity index (χ4v) is 1.85. The van der Waals surface area contributed by atoms with E-state index in [-0.39, 0.29) is 18.4 Å². The second kappa shape index (κ2) is 11.2. The highest BCUT2D eigenvalue weighted by Crippen LogP contribution is 2.25. The predicted octanol–water partition coefficient (Wildman–Crippen LogP) is 3.54. The summed E-state index contributed by atoms with van der Waals surface area (Å²) >= 11 is 6.14. The van der Waals surface area contributed by atoms with Crippen molar-refractivity contribution in [1.29, 1.82) is 5.41 Å². The third-order valence-electron chi connectivity index (χ3n) is 2.61. The quantitative estimate of drug-likeness (QED) is 0.294. The monoisotopic (exact) mass is 332 g/mol. The van der Waals surface area contributed by atoms with Crippen LogP contribution in [-0.4, -0.2) is 18.8 Å². The van der Waals surface area contributed by atoms with Crippen LogP contribution in [0, 0.1) is 5.41 Å². The molecule has 0 saturated heterocycles. The Bertz CT molecular complexity index is 466. The van der Waals surface area contributed by atoms with Gasteiger partial charge in [0.1, 0.15) is 5.75 Å². The fraction of sp³-hybridized carbons (Fsp3) is 0.429. The lowest BCUT2D eigenvalue weighted by Gasteiger charge is -2.08. The first-order valence-electron chi connectivity index (χ1n) is 6.69. The summed E-state index contributed by atoms with van der Waals surface area (Å²) in [7, 11) is 0. The van der Waals surface area contributed by atoms with E-state index in [9.17, 15) is 0 Å². The molecule has 0 heterocycles. The normalized spacial score (nSPS) is 10.2.